The van der Waals surface area contributed by atoms with Gasteiger partial charge in [0.25, 0.3) is 11.1 Å². The zero-order chi connectivity index (χ0) is 27.6. The minimum Gasteiger partial charge on any atom is -0.325 e. The number of nitrogens with zero attached hydrogens (tertiary/aromatic N) is 8. The van der Waals surface area contributed by atoms with E-state index in [-0.39, 0.29) is 13.2 Å². The number of hydrogen-bond donors (Lipinski definition) is 0. The van der Waals surface area contributed by atoms with Gasteiger partial charge in [-0.2, -0.15) is 0 Å². The molecule has 0 amide bonds. The molecule has 4 heterocycles. The summed E-state index contributed by atoms with van der Waals surface area (Å²) >= 11 is 0. The average Bonchev–Trinajstić information content (AvgIpc) is 3.52. The van der Waals surface area contributed by atoms with Gasteiger partial charge >= 0.3 is 19.6 Å². The van der Waals surface area contributed by atoms with Crippen molar-refractivity contribution in [2.24, 2.45) is 28.2 Å². The maximum absolute atomic E-state index is 12.5. The van der Waals surface area contributed by atoms with Crippen LogP contribution in [-0.2, 0) is 54.9 Å². The second-order valence-electron chi connectivity index (χ2n) is 8.94. The Bertz CT molecular complexity index is 1610. The molecular formula is C22H30N8O7P+. The van der Waals surface area contributed by atoms with Gasteiger partial charge in [0.15, 0.2) is 22.3 Å². The monoisotopic (exact) mass is 549 g/mol. The average molecular weight is 550 g/mol. The highest BCUT2D eigenvalue weighted by Crippen LogP contribution is 2.24. The summed E-state index contributed by atoms with van der Waals surface area (Å²) < 4.78 is 30.7. The van der Waals surface area contributed by atoms with Crippen LogP contribution in [0.3, 0.4) is 0 Å². The first kappa shape index (κ1) is 27.4. The smallest absolute Gasteiger partial charge is 0.325 e. The van der Waals surface area contributed by atoms with Gasteiger partial charge in [0.2, 0.25) is 0 Å². The van der Waals surface area contributed by atoms with Crippen LogP contribution in [0.25, 0.3) is 22.3 Å². The Labute approximate surface area is 216 Å². The zero-order valence-corrected chi connectivity index (χ0v) is 22.6. The Morgan fingerprint density at radius 3 is 1.45 bits per heavy atom. The molecule has 16 heteroatoms. The maximum atomic E-state index is 12.5. The molecule has 0 fully saturated rings. The second-order valence-corrected chi connectivity index (χ2v) is 9.90. The van der Waals surface area contributed by atoms with Crippen molar-refractivity contribution in [1.29, 1.82) is 0 Å². The third-order valence-electron chi connectivity index (χ3n) is 6.41. The van der Waals surface area contributed by atoms with Crippen molar-refractivity contribution in [3.8, 4) is 0 Å². The summed E-state index contributed by atoms with van der Waals surface area (Å²) in [6, 6.07) is 0. The van der Waals surface area contributed by atoms with Crippen LogP contribution in [-0.4, -0.2) is 50.6 Å². The SMILES string of the molecule is Cn1c(=O)c2c(ncn2CCCCO[P+](=O)OCCCCn2cnc3c2c(=O)n(C)c(=O)n3C)n(C)c1=O. The molecule has 4 aromatic heterocycles. The first-order valence-electron chi connectivity index (χ1n) is 12.1. The zero-order valence-electron chi connectivity index (χ0n) is 21.7. The molecule has 0 aliphatic heterocycles. The molecule has 4 rings (SSSR count). The fraction of sp³-hybridized carbons (Fsp3) is 0.545. The van der Waals surface area contributed by atoms with Crippen LogP contribution in [0.1, 0.15) is 25.7 Å². The Morgan fingerprint density at radius 1 is 0.658 bits per heavy atom. The largest absolute Gasteiger partial charge is 0.697 e. The standard InChI is InChI=1S/C22H30N8O7P/c1-25-17-15(19(31)27(3)21(25)33)29(13-23-17)9-5-7-11-36-38(35)37-12-8-6-10-30-14-24-18-16(30)20(32)28(4)22(34)26(18)2/h13-14H,5-12H2,1-4H3/q+1. The normalized spacial score (nSPS) is 11.7. The molecule has 0 spiro atoms. The van der Waals surface area contributed by atoms with Crippen LogP contribution < -0.4 is 22.5 Å². The van der Waals surface area contributed by atoms with E-state index < -0.39 is 30.8 Å². The minimum absolute atomic E-state index is 0.224. The van der Waals surface area contributed by atoms with E-state index in [1.54, 1.807) is 23.2 Å². The predicted molar refractivity (Wildman–Crippen MR) is 138 cm³/mol. The Kier molecular flexibility index (Phi) is 8.19. The number of aromatic nitrogens is 8. The van der Waals surface area contributed by atoms with Gasteiger partial charge in [-0.3, -0.25) is 27.9 Å². The molecule has 0 unspecified atom stereocenters. The van der Waals surface area contributed by atoms with E-state index in [9.17, 15) is 23.7 Å². The van der Waals surface area contributed by atoms with Crippen molar-refractivity contribution in [3.05, 3.63) is 54.3 Å². The summed E-state index contributed by atoms with van der Waals surface area (Å²) in [5.41, 5.74) is -0.278. The van der Waals surface area contributed by atoms with Crippen molar-refractivity contribution in [2.45, 2.75) is 38.8 Å². The molecular weight excluding hydrogens is 519 g/mol. The van der Waals surface area contributed by atoms with Crippen molar-refractivity contribution in [3.63, 3.8) is 0 Å². The first-order valence-corrected chi connectivity index (χ1v) is 13.2. The summed E-state index contributed by atoms with van der Waals surface area (Å²) in [4.78, 5) is 57.3. The van der Waals surface area contributed by atoms with Crippen LogP contribution in [0.5, 0.6) is 0 Å². The molecule has 15 nitrogen and oxygen atoms in total. The van der Waals surface area contributed by atoms with Gasteiger partial charge < -0.3 is 9.13 Å². The van der Waals surface area contributed by atoms with Gasteiger partial charge in [0.05, 0.1) is 12.7 Å². The number of hydrogen-bond acceptors (Lipinski definition) is 9. The number of rotatable bonds is 12. The fourth-order valence-corrected chi connectivity index (χ4v) is 4.85. The van der Waals surface area contributed by atoms with E-state index in [0.717, 1.165) is 9.13 Å². The molecule has 204 valence electrons. The number of unbranched alkanes of at least 4 members (excludes halogenated alkanes) is 2. The summed E-state index contributed by atoms with van der Waals surface area (Å²) in [7, 11) is 3.73. The summed E-state index contributed by atoms with van der Waals surface area (Å²) in [6.45, 7) is 1.43. The van der Waals surface area contributed by atoms with Gasteiger partial charge in [-0.15, -0.1) is 9.05 Å². The van der Waals surface area contributed by atoms with E-state index in [1.807, 2.05) is 0 Å². The van der Waals surface area contributed by atoms with E-state index in [1.165, 1.54) is 35.9 Å². The minimum atomic E-state index is -2.27. The van der Waals surface area contributed by atoms with Crippen LogP contribution in [0.15, 0.2) is 31.8 Å². The Morgan fingerprint density at radius 2 is 1.05 bits per heavy atom. The second kappa shape index (κ2) is 11.4. The maximum Gasteiger partial charge on any atom is 0.697 e. The molecule has 0 radical (unpaired) electrons. The first-order chi connectivity index (χ1) is 18.1. The fourth-order valence-electron chi connectivity index (χ4n) is 4.22. The quantitative estimate of drug-likeness (QED) is 0.177. The molecule has 4 aromatic rings. The predicted octanol–water partition coefficient (Wildman–Crippen LogP) is 0.132. The van der Waals surface area contributed by atoms with E-state index >= 15 is 0 Å². The highest BCUT2D eigenvalue weighted by molar-refractivity contribution is 7.33. The van der Waals surface area contributed by atoms with Crippen LogP contribution >= 0.6 is 8.25 Å². The highest BCUT2D eigenvalue weighted by Gasteiger charge is 2.20. The van der Waals surface area contributed by atoms with Gasteiger partial charge in [0, 0.05) is 45.8 Å². The van der Waals surface area contributed by atoms with E-state index in [4.69, 9.17) is 9.05 Å². The van der Waals surface area contributed by atoms with Gasteiger partial charge in [0.1, 0.15) is 13.2 Å². The third-order valence-corrected chi connectivity index (χ3v) is 7.20. The van der Waals surface area contributed by atoms with Crippen LogP contribution in [0, 0.1) is 0 Å². The molecule has 0 aliphatic carbocycles. The van der Waals surface area contributed by atoms with Crippen LogP contribution in [0.4, 0.5) is 0 Å². The van der Waals surface area contributed by atoms with Crippen molar-refractivity contribution in [2.75, 3.05) is 13.2 Å². The lowest BCUT2D eigenvalue weighted by atomic mass is 10.3. The van der Waals surface area contributed by atoms with E-state index in [0.29, 0.717) is 61.1 Å². The van der Waals surface area contributed by atoms with Gasteiger partial charge in [-0.1, -0.05) is 0 Å². The molecule has 0 aliphatic rings. The Hall–Kier alpha value is -3.68. The number of imidazole rings is 2. The summed E-state index contributed by atoms with van der Waals surface area (Å²) in [5.74, 6) is 0. The lowest BCUT2D eigenvalue weighted by Crippen LogP contribution is -2.37. The molecule has 38 heavy (non-hydrogen) atoms. The highest BCUT2D eigenvalue weighted by atomic mass is 31.1. The lowest BCUT2D eigenvalue weighted by Gasteiger charge is -2.06. The molecule has 0 N–H and O–H groups in total. The third kappa shape index (κ3) is 5.17. The van der Waals surface area contributed by atoms with E-state index in [2.05, 4.69) is 9.97 Å². The molecule has 0 saturated carbocycles. The summed E-state index contributed by atoms with van der Waals surface area (Å²) in [5, 5.41) is 0. The molecule has 0 aromatic carbocycles. The Balaban J connectivity index is 1.17. The van der Waals surface area contributed by atoms with Gasteiger partial charge in [-0.25, -0.2) is 19.6 Å². The lowest BCUT2D eigenvalue weighted by molar-refractivity contribution is 0.217. The van der Waals surface area contributed by atoms with Crippen molar-refractivity contribution in [1.82, 2.24) is 37.4 Å². The van der Waals surface area contributed by atoms with Crippen molar-refractivity contribution < 1.29 is 13.6 Å². The number of fused-ring (bicyclic) bond motifs is 2. The molecule has 0 saturated heterocycles. The number of aryl methyl sites for hydroxylation is 4. The topological polar surface area (TPSA) is 159 Å². The summed E-state index contributed by atoms with van der Waals surface area (Å²) in [6.07, 6.45) is 5.51. The van der Waals surface area contributed by atoms with Crippen LogP contribution in [0.2, 0.25) is 0 Å². The molecule has 0 bridgehead atoms. The van der Waals surface area contributed by atoms with Gasteiger partial charge in [-0.05, 0) is 25.7 Å². The molecule has 0 atom stereocenters. The van der Waals surface area contributed by atoms with Crippen molar-refractivity contribution >= 4 is 30.6 Å².